The average molecular weight is 475 g/mol. The summed E-state index contributed by atoms with van der Waals surface area (Å²) in [6.45, 7) is 4.03. The number of hydrogen-bond acceptors (Lipinski definition) is 7. The standard InChI is InChI=1S/C27H26N2O6/c1-4-35-22-13-18(7-9-20(22)30)24-23(25(31)19-8-10-21(34-3)16(2)12-19)26(32)27(33)29(24)15-17-6-5-11-28-14-17/h5-14,24,30-31H,4,15H2,1-3H3. The van der Waals surface area contributed by atoms with Gasteiger partial charge in [-0.25, -0.2) is 0 Å². The van der Waals surface area contributed by atoms with Crippen LogP contribution in [0.4, 0.5) is 0 Å². The van der Waals surface area contributed by atoms with Crippen LogP contribution in [0.15, 0.2) is 66.5 Å². The number of carbonyl (C=O) groups is 2. The smallest absolute Gasteiger partial charge is 0.295 e. The van der Waals surface area contributed by atoms with Crippen molar-refractivity contribution in [2.45, 2.75) is 26.4 Å². The molecular formula is C27H26N2O6. The van der Waals surface area contributed by atoms with E-state index in [0.717, 1.165) is 11.1 Å². The van der Waals surface area contributed by atoms with E-state index in [1.165, 1.54) is 11.0 Å². The third kappa shape index (κ3) is 4.55. The molecule has 0 bridgehead atoms. The molecule has 0 saturated carbocycles. The summed E-state index contributed by atoms with van der Waals surface area (Å²) < 4.78 is 10.8. The van der Waals surface area contributed by atoms with E-state index in [4.69, 9.17) is 9.47 Å². The molecule has 2 N–H and O–H groups in total. The minimum absolute atomic E-state index is 0.0448. The number of aliphatic hydroxyl groups is 1. The van der Waals surface area contributed by atoms with Crippen molar-refractivity contribution in [1.29, 1.82) is 0 Å². The fourth-order valence-electron chi connectivity index (χ4n) is 4.23. The van der Waals surface area contributed by atoms with Gasteiger partial charge in [0.05, 0.1) is 25.3 Å². The zero-order chi connectivity index (χ0) is 25.1. The second-order valence-corrected chi connectivity index (χ2v) is 8.13. The number of aryl methyl sites for hydroxylation is 1. The number of phenolic OH excluding ortho intramolecular Hbond substituents is 1. The van der Waals surface area contributed by atoms with E-state index in [9.17, 15) is 19.8 Å². The lowest BCUT2D eigenvalue weighted by molar-refractivity contribution is -0.140. The van der Waals surface area contributed by atoms with Crippen LogP contribution in [-0.4, -0.2) is 45.5 Å². The first-order chi connectivity index (χ1) is 16.8. The molecule has 1 unspecified atom stereocenters. The number of methoxy groups -OCH3 is 1. The number of likely N-dealkylation sites (tertiary alicyclic amines) is 1. The fraction of sp³-hybridized carbons (Fsp3) is 0.222. The second-order valence-electron chi connectivity index (χ2n) is 8.13. The quantitative estimate of drug-likeness (QED) is 0.301. The molecule has 1 atom stereocenters. The van der Waals surface area contributed by atoms with Gasteiger partial charge in [-0.3, -0.25) is 14.6 Å². The van der Waals surface area contributed by atoms with Crippen molar-refractivity contribution in [3.05, 3.63) is 88.8 Å². The highest BCUT2D eigenvalue weighted by Crippen LogP contribution is 2.42. The molecule has 2 aromatic carbocycles. The average Bonchev–Trinajstić information content (AvgIpc) is 3.10. The van der Waals surface area contributed by atoms with Crippen LogP contribution in [0.3, 0.4) is 0 Å². The molecule has 1 aromatic heterocycles. The Labute approximate surface area is 203 Å². The number of aromatic hydroxyl groups is 1. The van der Waals surface area contributed by atoms with Crippen LogP contribution in [-0.2, 0) is 16.1 Å². The van der Waals surface area contributed by atoms with Crippen LogP contribution in [0.1, 0.15) is 35.2 Å². The number of ether oxygens (including phenoxy) is 2. The number of aromatic nitrogens is 1. The van der Waals surface area contributed by atoms with Gasteiger partial charge in [0.2, 0.25) is 0 Å². The Morgan fingerprint density at radius 2 is 1.91 bits per heavy atom. The van der Waals surface area contributed by atoms with Gasteiger partial charge in [-0.15, -0.1) is 0 Å². The van der Waals surface area contributed by atoms with Crippen LogP contribution in [0.5, 0.6) is 17.2 Å². The fourth-order valence-corrected chi connectivity index (χ4v) is 4.23. The Bertz CT molecular complexity index is 1300. The van der Waals surface area contributed by atoms with E-state index in [2.05, 4.69) is 4.98 Å². The summed E-state index contributed by atoms with van der Waals surface area (Å²) >= 11 is 0. The molecule has 4 rings (SSSR count). The Morgan fingerprint density at radius 3 is 2.57 bits per heavy atom. The van der Waals surface area contributed by atoms with Crippen molar-refractivity contribution in [2.24, 2.45) is 0 Å². The summed E-state index contributed by atoms with van der Waals surface area (Å²) in [6.07, 6.45) is 3.24. The summed E-state index contributed by atoms with van der Waals surface area (Å²) in [4.78, 5) is 31.9. The number of hydrogen-bond donors (Lipinski definition) is 2. The molecule has 1 saturated heterocycles. The Kier molecular flexibility index (Phi) is 6.73. The van der Waals surface area contributed by atoms with Crippen LogP contribution >= 0.6 is 0 Å². The molecule has 1 aliphatic heterocycles. The summed E-state index contributed by atoms with van der Waals surface area (Å²) in [6, 6.07) is 12.3. The first-order valence-corrected chi connectivity index (χ1v) is 11.1. The summed E-state index contributed by atoms with van der Waals surface area (Å²) in [5, 5.41) is 21.5. The number of aliphatic hydroxyl groups excluding tert-OH is 1. The third-order valence-corrected chi connectivity index (χ3v) is 5.88. The van der Waals surface area contributed by atoms with E-state index < -0.39 is 17.7 Å². The first kappa shape index (κ1) is 23.8. The van der Waals surface area contributed by atoms with Gasteiger partial charge >= 0.3 is 0 Å². The van der Waals surface area contributed by atoms with Gasteiger partial charge in [-0.1, -0.05) is 12.1 Å². The van der Waals surface area contributed by atoms with Crippen molar-refractivity contribution < 1.29 is 29.3 Å². The van der Waals surface area contributed by atoms with Gasteiger partial charge < -0.3 is 24.6 Å². The number of phenols is 1. The van der Waals surface area contributed by atoms with Crippen molar-refractivity contribution in [1.82, 2.24) is 9.88 Å². The number of Topliss-reactive ketones (excluding diaryl/α,β-unsaturated/α-hetero) is 1. The topological polar surface area (TPSA) is 109 Å². The third-order valence-electron chi connectivity index (χ3n) is 5.88. The maximum Gasteiger partial charge on any atom is 0.295 e. The molecule has 180 valence electrons. The minimum Gasteiger partial charge on any atom is -0.507 e. The summed E-state index contributed by atoms with van der Waals surface area (Å²) in [5.41, 5.74) is 2.35. The highest BCUT2D eigenvalue weighted by Gasteiger charge is 2.46. The van der Waals surface area contributed by atoms with E-state index >= 15 is 0 Å². The summed E-state index contributed by atoms with van der Waals surface area (Å²) in [7, 11) is 1.55. The number of carbonyl (C=O) groups excluding carboxylic acids is 2. The first-order valence-electron chi connectivity index (χ1n) is 11.1. The molecule has 0 spiro atoms. The Morgan fingerprint density at radius 1 is 1.11 bits per heavy atom. The van der Waals surface area contributed by atoms with Crippen LogP contribution in [0.2, 0.25) is 0 Å². The van der Waals surface area contributed by atoms with E-state index in [1.54, 1.807) is 68.9 Å². The molecule has 0 radical (unpaired) electrons. The molecule has 0 aliphatic carbocycles. The lowest BCUT2D eigenvalue weighted by Crippen LogP contribution is -2.29. The highest BCUT2D eigenvalue weighted by atomic mass is 16.5. The highest BCUT2D eigenvalue weighted by molar-refractivity contribution is 6.46. The van der Waals surface area contributed by atoms with E-state index in [-0.39, 0.29) is 29.4 Å². The number of nitrogens with zero attached hydrogens (tertiary/aromatic N) is 2. The molecule has 1 fully saturated rings. The van der Waals surface area contributed by atoms with Gasteiger partial charge in [-0.2, -0.15) is 0 Å². The molecule has 3 aromatic rings. The number of ketones is 1. The summed E-state index contributed by atoms with van der Waals surface area (Å²) in [5.74, 6) is -1.04. The van der Waals surface area contributed by atoms with Gasteiger partial charge in [-0.05, 0) is 66.9 Å². The minimum atomic E-state index is -0.905. The number of amides is 1. The number of rotatable bonds is 7. The maximum atomic E-state index is 13.3. The van der Waals surface area contributed by atoms with Crippen LogP contribution in [0, 0.1) is 6.92 Å². The zero-order valence-electron chi connectivity index (χ0n) is 19.7. The Balaban J connectivity index is 1.89. The molecule has 35 heavy (non-hydrogen) atoms. The molecule has 2 heterocycles. The van der Waals surface area contributed by atoms with Gasteiger partial charge in [0, 0.05) is 24.5 Å². The molecule has 1 amide bonds. The van der Waals surface area contributed by atoms with Gasteiger partial charge in [0.25, 0.3) is 11.7 Å². The predicted octanol–water partition coefficient (Wildman–Crippen LogP) is 4.12. The number of pyridine rings is 1. The lowest BCUT2D eigenvalue weighted by Gasteiger charge is -2.26. The lowest BCUT2D eigenvalue weighted by atomic mass is 9.94. The van der Waals surface area contributed by atoms with Crippen molar-refractivity contribution in [3.63, 3.8) is 0 Å². The van der Waals surface area contributed by atoms with Crippen LogP contribution in [0.25, 0.3) is 5.76 Å². The number of benzene rings is 2. The van der Waals surface area contributed by atoms with E-state index in [0.29, 0.717) is 23.5 Å². The van der Waals surface area contributed by atoms with Gasteiger partial charge in [0.15, 0.2) is 11.5 Å². The van der Waals surface area contributed by atoms with Crippen molar-refractivity contribution >= 4 is 17.4 Å². The van der Waals surface area contributed by atoms with E-state index in [1.807, 2.05) is 6.92 Å². The SMILES string of the molecule is CCOc1cc(C2C(=C(O)c3ccc(OC)c(C)c3)C(=O)C(=O)N2Cc2cccnc2)ccc1O. The molecule has 1 aliphatic rings. The molecular weight excluding hydrogens is 448 g/mol. The van der Waals surface area contributed by atoms with Crippen molar-refractivity contribution in [2.75, 3.05) is 13.7 Å². The molecule has 8 nitrogen and oxygen atoms in total. The van der Waals surface area contributed by atoms with Gasteiger partial charge in [0.1, 0.15) is 11.5 Å². The predicted molar refractivity (Wildman–Crippen MR) is 129 cm³/mol. The maximum absolute atomic E-state index is 13.3. The Hall–Kier alpha value is -4.33. The zero-order valence-corrected chi connectivity index (χ0v) is 19.7. The normalized spacial score (nSPS) is 17.0. The monoisotopic (exact) mass is 474 g/mol. The molecule has 8 heteroatoms. The van der Waals surface area contributed by atoms with Crippen molar-refractivity contribution in [3.8, 4) is 17.2 Å². The van der Waals surface area contributed by atoms with Crippen LogP contribution < -0.4 is 9.47 Å². The largest absolute Gasteiger partial charge is 0.507 e. The second kappa shape index (κ2) is 9.89.